The van der Waals surface area contributed by atoms with Gasteiger partial charge in [-0.3, -0.25) is 4.72 Å². The van der Waals surface area contributed by atoms with E-state index in [1.165, 1.54) is 42.4 Å². The molecule has 2 aromatic carbocycles. The van der Waals surface area contributed by atoms with E-state index in [2.05, 4.69) is 88.5 Å². The number of nitrogens with zero attached hydrogens (tertiary/aromatic N) is 1. The minimum atomic E-state index is -0.0178. The normalized spacial score (nSPS) is 15.4. The van der Waals surface area contributed by atoms with Crippen molar-refractivity contribution in [2.24, 2.45) is 0 Å². The van der Waals surface area contributed by atoms with Crippen molar-refractivity contribution in [3.63, 3.8) is 0 Å². The summed E-state index contributed by atoms with van der Waals surface area (Å²) in [5, 5.41) is 10.4. The van der Waals surface area contributed by atoms with Crippen LogP contribution in [-0.2, 0) is 10.8 Å². The Hall–Kier alpha value is -1.56. The molecule has 1 heterocycles. The molecule has 0 atom stereocenters. The third kappa shape index (κ3) is 7.21. The summed E-state index contributed by atoms with van der Waals surface area (Å²) in [5.41, 5.74) is 4.37. The average molecular weight is 485 g/mol. The number of fused-ring (bicyclic) bond motifs is 1. The number of hydrogen-bond donors (Lipinski definition) is 2. The minimum Gasteiger partial charge on any atom is -0.507 e. The number of aromatic hydroxyl groups is 1. The van der Waals surface area contributed by atoms with Crippen molar-refractivity contribution < 1.29 is 5.11 Å². The Morgan fingerprint density at radius 3 is 2.06 bits per heavy atom. The molecule has 0 amide bonds. The average Bonchev–Trinajstić information content (AvgIpc) is 3.16. The topological polar surface area (TPSA) is 45.1 Å². The highest BCUT2D eigenvalue weighted by Gasteiger charge is 2.25. The molecule has 1 fully saturated rings. The fourth-order valence-electron chi connectivity index (χ4n) is 4.17. The lowest BCUT2D eigenvalue weighted by Gasteiger charge is -2.27. The molecule has 180 valence electrons. The quantitative estimate of drug-likeness (QED) is 0.366. The Bertz CT molecular complexity index is 986. The van der Waals surface area contributed by atoms with Gasteiger partial charge in [0.1, 0.15) is 5.75 Å². The molecule has 3 aromatic rings. The first-order valence-corrected chi connectivity index (χ1v) is 13.7. The van der Waals surface area contributed by atoms with Crippen molar-refractivity contribution in [1.29, 1.82) is 0 Å². The van der Waals surface area contributed by atoms with Crippen LogP contribution in [0.15, 0.2) is 40.7 Å². The Morgan fingerprint density at radius 2 is 1.52 bits per heavy atom. The third-order valence-electron chi connectivity index (χ3n) is 6.06. The van der Waals surface area contributed by atoms with E-state index in [0.29, 0.717) is 11.8 Å². The second-order valence-electron chi connectivity index (χ2n) is 11.2. The number of hydrogen-bond acceptors (Lipinski definition) is 5. The Kier molecular flexibility index (Phi) is 8.52. The zero-order valence-electron chi connectivity index (χ0n) is 21.3. The molecule has 5 heteroatoms. The van der Waals surface area contributed by atoms with E-state index in [1.807, 2.05) is 6.07 Å². The van der Waals surface area contributed by atoms with Crippen molar-refractivity contribution >= 4 is 33.5 Å². The summed E-state index contributed by atoms with van der Waals surface area (Å²) in [7, 11) is 0. The second kappa shape index (κ2) is 10.8. The maximum Gasteiger partial charge on any atom is 0.166 e. The highest BCUT2D eigenvalue weighted by Crippen LogP contribution is 2.39. The summed E-state index contributed by atoms with van der Waals surface area (Å²) in [6, 6.07) is 13.2. The van der Waals surface area contributed by atoms with Crippen LogP contribution < -0.4 is 4.72 Å². The van der Waals surface area contributed by atoms with E-state index in [-0.39, 0.29) is 10.8 Å². The Balaban J connectivity index is 0.000000186. The molecule has 1 aromatic heterocycles. The highest BCUT2D eigenvalue weighted by molar-refractivity contribution is 7.99. The van der Waals surface area contributed by atoms with Gasteiger partial charge in [0.05, 0.1) is 10.2 Å². The summed E-state index contributed by atoms with van der Waals surface area (Å²) < 4.78 is 5.98. The molecule has 33 heavy (non-hydrogen) atoms. The van der Waals surface area contributed by atoms with E-state index in [1.54, 1.807) is 23.3 Å². The highest BCUT2D eigenvalue weighted by atomic mass is 32.2. The van der Waals surface area contributed by atoms with Gasteiger partial charge in [-0.1, -0.05) is 90.6 Å². The van der Waals surface area contributed by atoms with Crippen molar-refractivity contribution in [2.75, 3.05) is 0 Å². The van der Waals surface area contributed by atoms with Gasteiger partial charge < -0.3 is 5.11 Å². The molecule has 0 bridgehead atoms. The third-order valence-corrected chi connectivity index (χ3v) is 8.11. The molecule has 0 unspecified atom stereocenters. The SMILES string of the molecule is Cc1cc(C(C)(C)C)c(O)c(C(C)(C)C)c1.c1ccc2sc(SNC3CCCCC3)nc2c1. The predicted molar refractivity (Wildman–Crippen MR) is 146 cm³/mol. The van der Waals surface area contributed by atoms with Gasteiger partial charge in [0.2, 0.25) is 0 Å². The number of para-hydroxylation sites is 1. The summed E-state index contributed by atoms with van der Waals surface area (Å²) in [4.78, 5) is 4.62. The fraction of sp³-hybridized carbons (Fsp3) is 0.536. The van der Waals surface area contributed by atoms with Crippen LogP contribution in [0.25, 0.3) is 10.2 Å². The summed E-state index contributed by atoms with van der Waals surface area (Å²) in [5.74, 6) is 0.464. The van der Waals surface area contributed by atoms with Crippen molar-refractivity contribution in [3.05, 3.63) is 53.1 Å². The van der Waals surface area contributed by atoms with Crippen LogP contribution >= 0.6 is 23.3 Å². The number of benzene rings is 2. The number of nitrogens with one attached hydrogen (secondary N) is 1. The zero-order chi connectivity index (χ0) is 24.2. The van der Waals surface area contributed by atoms with Gasteiger partial charge in [0.25, 0.3) is 0 Å². The van der Waals surface area contributed by atoms with Gasteiger partial charge in [-0.25, -0.2) is 4.98 Å². The lowest BCUT2D eigenvalue weighted by atomic mass is 9.78. The van der Waals surface area contributed by atoms with E-state index in [0.717, 1.165) is 21.0 Å². The molecule has 1 aliphatic carbocycles. The van der Waals surface area contributed by atoms with Gasteiger partial charge in [0.15, 0.2) is 4.34 Å². The first kappa shape index (κ1) is 26.1. The van der Waals surface area contributed by atoms with Crippen molar-refractivity contribution in [3.8, 4) is 5.75 Å². The lowest BCUT2D eigenvalue weighted by molar-refractivity contribution is 0.423. The van der Waals surface area contributed by atoms with Gasteiger partial charge in [-0.15, -0.1) is 11.3 Å². The van der Waals surface area contributed by atoms with Crippen molar-refractivity contribution in [2.45, 2.75) is 102 Å². The zero-order valence-corrected chi connectivity index (χ0v) is 22.9. The van der Waals surface area contributed by atoms with Crippen LogP contribution in [0.2, 0.25) is 0 Å². The van der Waals surface area contributed by atoms with Gasteiger partial charge in [0, 0.05) is 6.04 Å². The number of phenolic OH excluding ortho intramolecular Hbond substituents is 1. The van der Waals surface area contributed by atoms with Gasteiger partial charge in [-0.05, 0) is 65.8 Å². The molecule has 4 rings (SSSR count). The van der Waals surface area contributed by atoms with E-state index >= 15 is 0 Å². The summed E-state index contributed by atoms with van der Waals surface area (Å²) in [6.07, 6.45) is 6.79. The van der Waals surface area contributed by atoms with Crippen LogP contribution in [0.3, 0.4) is 0 Å². The van der Waals surface area contributed by atoms with Crippen LogP contribution in [0.4, 0.5) is 0 Å². The molecule has 1 aliphatic rings. The first-order valence-electron chi connectivity index (χ1n) is 12.1. The molecular weight excluding hydrogens is 444 g/mol. The minimum absolute atomic E-state index is 0.0178. The largest absolute Gasteiger partial charge is 0.507 e. The molecule has 0 aliphatic heterocycles. The molecule has 3 nitrogen and oxygen atoms in total. The molecule has 0 saturated heterocycles. The maximum atomic E-state index is 10.4. The smallest absolute Gasteiger partial charge is 0.166 e. The first-order chi connectivity index (χ1) is 15.4. The van der Waals surface area contributed by atoms with Crippen LogP contribution in [0.1, 0.15) is 90.3 Å². The maximum absolute atomic E-state index is 10.4. The lowest BCUT2D eigenvalue weighted by Crippen LogP contribution is -2.25. The summed E-state index contributed by atoms with van der Waals surface area (Å²) in [6.45, 7) is 14.9. The van der Waals surface area contributed by atoms with E-state index < -0.39 is 0 Å². The fourth-order valence-corrected chi connectivity index (χ4v) is 6.10. The molecule has 0 spiro atoms. The number of rotatable bonds is 3. The van der Waals surface area contributed by atoms with E-state index in [4.69, 9.17) is 0 Å². The van der Waals surface area contributed by atoms with Crippen molar-refractivity contribution in [1.82, 2.24) is 9.71 Å². The second-order valence-corrected chi connectivity index (χ2v) is 13.3. The van der Waals surface area contributed by atoms with Gasteiger partial charge in [-0.2, -0.15) is 0 Å². The van der Waals surface area contributed by atoms with Crippen LogP contribution in [0.5, 0.6) is 5.75 Å². The predicted octanol–water partition coefficient (Wildman–Crippen LogP) is 8.52. The molecule has 1 saturated carbocycles. The van der Waals surface area contributed by atoms with Crippen LogP contribution in [0, 0.1) is 6.92 Å². The number of thiazole rings is 1. The van der Waals surface area contributed by atoms with Gasteiger partial charge >= 0.3 is 0 Å². The molecule has 2 N–H and O–H groups in total. The Labute approximate surface area is 208 Å². The van der Waals surface area contributed by atoms with E-state index in [9.17, 15) is 5.11 Å². The molecule has 0 radical (unpaired) electrons. The standard InChI is InChI=1S/C15H24O.C13H16N2S2/c1-10-8-11(14(2,3)4)13(16)12(9-10)15(5,6)7;1-2-6-10(7-3-1)15-17-13-14-11-8-4-5-9-12(11)16-13/h8-9,16H,1-7H3;4-5,8-10,15H,1-3,6-7H2. The number of aryl methyl sites for hydroxylation is 1. The number of phenols is 1. The van der Waals surface area contributed by atoms with Crippen LogP contribution in [-0.4, -0.2) is 16.1 Å². The molecular formula is C28H40N2OS2. The Morgan fingerprint density at radius 1 is 0.939 bits per heavy atom. The number of aromatic nitrogens is 1. The summed E-state index contributed by atoms with van der Waals surface area (Å²) >= 11 is 3.49. The monoisotopic (exact) mass is 484 g/mol.